The fourth-order valence-electron chi connectivity index (χ4n) is 0.393. The molecule has 0 radical (unpaired) electrons. The van der Waals surface area contributed by atoms with E-state index in [-0.39, 0.29) is 0 Å². The van der Waals surface area contributed by atoms with Crippen LogP contribution in [-0.4, -0.2) is 34.8 Å². The molecule has 0 rings (SSSR count). The summed E-state index contributed by atoms with van der Waals surface area (Å²) >= 11 is 0. The highest BCUT2D eigenvalue weighted by Gasteiger charge is 2.23. The lowest BCUT2D eigenvalue weighted by molar-refractivity contribution is 0.387. The van der Waals surface area contributed by atoms with Gasteiger partial charge in [0, 0.05) is 13.8 Å². The second kappa shape index (κ2) is 3.67. The molecule has 0 saturated carbocycles. The minimum atomic E-state index is -3.68. The fraction of sp³-hybridized carbons (Fsp3) is 1.00. The lowest BCUT2D eigenvalue weighted by Crippen LogP contribution is -2.08. The van der Waals surface area contributed by atoms with Gasteiger partial charge in [-0.1, -0.05) is 0 Å². The Bertz CT molecular complexity index is 256. The molecule has 68 valence electrons. The minimum absolute atomic E-state index is 0.576. The van der Waals surface area contributed by atoms with Crippen LogP contribution >= 0.6 is 7.37 Å². The van der Waals surface area contributed by atoms with Crippen LogP contribution in [0, 0.1) is 0 Å². The first-order chi connectivity index (χ1) is 4.83. The van der Waals surface area contributed by atoms with Crippen LogP contribution in [0.15, 0.2) is 0 Å². The predicted molar refractivity (Wildman–Crippen MR) is 41.3 cm³/mol. The van der Waals surface area contributed by atoms with Gasteiger partial charge in [-0.25, -0.2) is 0 Å². The molecule has 1 unspecified atom stereocenters. The van der Waals surface area contributed by atoms with Crippen molar-refractivity contribution in [3.8, 4) is 0 Å². The quantitative estimate of drug-likeness (QED) is 0.489. The van der Waals surface area contributed by atoms with Gasteiger partial charge < -0.3 is 4.52 Å². The molecule has 0 aromatic carbocycles. The molecule has 0 bridgehead atoms. The van der Waals surface area contributed by atoms with Crippen LogP contribution in [0.4, 0.5) is 0 Å². The van der Waals surface area contributed by atoms with Gasteiger partial charge in [-0.05, 0) is 0 Å². The maximum absolute atomic E-state index is 11.1. The van der Waals surface area contributed by atoms with Gasteiger partial charge >= 0.3 is 0 Å². The highest BCUT2D eigenvalue weighted by Crippen LogP contribution is 2.42. The van der Waals surface area contributed by atoms with E-state index >= 15 is 0 Å². The Morgan fingerprint density at radius 2 is 1.82 bits per heavy atom. The van der Waals surface area contributed by atoms with Gasteiger partial charge in [-0.3, -0.25) is 8.75 Å². The lowest BCUT2D eigenvalue weighted by Gasteiger charge is -2.08. The Morgan fingerprint density at radius 1 is 1.36 bits per heavy atom. The van der Waals surface area contributed by atoms with E-state index in [1.165, 1.54) is 13.8 Å². The van der Waals surface area contributed by atoms with Gasteiger partial charge in [0.2, 0.25) is 7.37 Å². The van der Waals surface area contributed by atoms with Crippen LogP contribution in [0.2, 0.25) is 0 Å². The molecule has 7 heteroatoms. The molecular formula is C4H11O5PS. The van der Waals surface area contributed by atoms with Gasteiger partial charge in [0.05, 0.1) is 7.11 Å². The second-order valence-corrected chi connectivity index (χ2v) is 6.92. The van der Waals surface area contributed by atoms with Crippen molar-refractivity contribution < 1.29 is 21.7 Å². The summed E-state index contributed by atoms with van der Waals surface area (Å²) in [5, 5.41) is 0. The molecule has 0 aliphatic rings. The van der Waals surface area contributed by atoms with Crippen LogP contribution in [0.3, 0.4) is 0 Å². The molecule has 0 N–H and O–H groups in total. The topological polar surface area (TPSA) is 69.7 Å². The summed E-state index contributed by atoms with van der Waals surface area (Å²) < 4.78 is 41.0. The SMILES string of the molecule is COP(C)(=O)CS(=O)(=O)OC. The van der Waals surface area contributed by atoms with Crippen molar-refractivity contribution in [2.75, 3.05) is 26.4 Å². The summed E-state index contributed by atoms with van der Waals surface area (Å²) in [7, 11) is -4.48. The van der Waals surface area contributed by atoms with Gasteiger partial charge in [-0.15, -0.1) is 0 Å². The first-order valence-electron chi connectivity index (χ1n) is 2.73. The summed E-state index contributed by atoms with van der Waals surface area (Å²) in [6.45, 7) is 1.24. The maximum Gasteiger partial charge on any atom is 0.276 e. The summed E-state index contributed by atoms with van der Waals surface area (Å²) in [6.07, 6.45) is 0. The molecule has 11 heavy (non-hydrogen) atoms. The normalized spacial score (nSPS) is 17.7. The third-order valence-electron chi connectivity index (χ3n) is 1.03. The Hall–Kier alpha value is 0.100. The highest BCUT2D eigenvalue weighted by molar-refractivity contribution is 7.94. The van der Waals surface area contributed by atoms with Gasteiger partial charge in [0.25, 0.3) is 10.1 Å². The van der Waals surface area contributed by atoms with E-state index in [1.54, 1.807) is 0 Å². The lowest BCUT2D eigenvalue weighted by atomic mass is 11.8. The molecule has 0 aliphatic carbocycles. The van der Waals surface area contributed by atoms with Crippen molar-refractivity contribution in [1.29, 1.82) is 0 Å². The smallest absolute Gasteiger partial charge is 0.276 e. The molecule has 1 atom stereocenters. The van der Waals surface area contributed by atoms with E-state index in [0.717, 1.165) is 7.11 Å². The molecule has 0 fully saturated rings. The van der Waals surface area contributed by atoms with Crippen molar-refractivity contribution in [3.63, 3.8) is 0 Å². The average molecular weight is 202 g/mol. The largest absolute Gasteiger partial charge is 0.331 e. The molecule has 0 amide bonds. The van der Waals surface area contributed by atoms with Crippen molar-refractivity contribution in [2.24, 2.45) is 0 Å². The second-order valence-electron chi connectivity index (χ2n) is 2.05. The molecule has 0 aromatic rings. The molecule has 0 heterocycles. The van der Waals surface area contributed by atoms with E-state index in [9.17, 15) is 13.0 Å². The number of hydrogen-bond acceptors (Lipinski definition) is 5. The van der Waals surface area contributed by atoms with E-state index < -0.39 is 23.0 Å². The zero-order valence-electron chi connectivity index (χ0n) is 6.60. The van der Waals surface area contributed by atoms with Gasteiger partial charge in [0.15, 0.2) is 5.49 Å². The molecule has 0 aliphatic heterocycles. The van der Waals surface area contributed by atoms with E-state index in [0.29, 0.717) is 0 Å². The fourth-order valence-corrected chi connectivity index (χ4v) is 3.53. The number of hydrogen-bond donors (Lipinski definition) is 0. The van der Waals surface area contributed by atoms with E-state index in [1.807, 2.05) is 0 Å². The monoisotopic (exact) mass is 202 g/mol. The summed E-state index contributed by atoms with van der Waals surface area (Å²) in [4.78, 5) is 0. The highest BCUT2D eigenvalue weighted by atomic mass is 32.2. The molecule has 0 spiro atoms. The molecule has 5 nitrogen and oxygen atoms in total. The minimum Gasteiger partial charge on any atom is -0.331 e. The van der Waals surface area contributed by atoms with Crippen LogP contribution in [0.5, 0.6) is 0 Å². The van der Waals surface area contributed by atoms with Crippen LogP contribution in [-0.2, 0) is 23.4 Å². The Kier molecular flexibility index (Phi) is 3.70. The zero-order chi connectivity index (χ0) is 9.12. The van der Waals surface area contributed by atoms with E-state index in [4.69, 9.17) is 0 Å². The first kappa shape index (κ1) is 11.1. The predicted octanol–water partition coefficient (Wildman–Crippen LogP) is 0.474. The van der Waals surface area contributed by atoms with Crippen LogP contribution in [0.25, 0.3) is 0 Å². The summed E-state index contributed by atoms with van der Waals surface area (Å²) in [6, 6.07) is 0. The van der Waals surface area contributed by atoms with Crippen molar-refractivity contribution in [3.05, 3.63) is 0 Å². The zero-order valence-corrected chi connectivity index (χ0v) is 8.31. The third kappa shape index (κ3) is 4.53. The van der Waals surface area contributed by atoms with Crippen molar-refractivity contribution >= 4 is 17.5 Å². The van der Waals surface area contributed by atoms with Gasteiger partial charge in [0.1, 0.15) is 0 Å². The third-order valence-corrected chi connectivity index (χ3v) is 5.45. The molecule has 0 saturated heterocycles. The maximum atomic E-state index is 11.1. The Balaban J connectivity index is 4.40. The van der Waals surface area contributed by atoms with E-state index in [2.05, 4.69) is 8.71 Å². The first-order valence-corrected chi connectivity index (χ1v) is 6.57. The Labute approximate surface area is 66.3 Å². The van der Waals surface area contributed by atoms with Crippen LogP contribution in [0.1, 0.15) is 0 Å². The van der Waals surface area contributed by atoms with Crippen molar-refractivity contribution in [1.82, 2.24) is 0 Å². The van der Waals surface area contributed by atoms with Gasteiger partial charge in [-0.2, -0.15) is 8.42 Å². The summed E-state index contributed by atoms with van der Waals surface area (Å²) in [5.74, 6) is 0. The average Bonchev–Trinajstić information content (AvgIpc) is 1.86. The molecule has 0 aromatic heterocycles. The Morgan fingerprint density at radius 3 is 2.09 bits per heavy atom. The van der Waals surface area contributed by atoms with Crippen LogP contribution < -0.4 is 0 Å². The van der Waals surface area contributed by atoms with Crippen molar-refractivity contribution in [2.45, 2.75) is 0 Å². The summed E-state index contributed by atoms with van der Waals surface area (Å²) in [5.41, 5.74) is -0.576. The number of rotatable bonds is 4. The molecular weight excluding hydrogens is 191 g/mol. The standard InChI is InChI=1S/C4H11O5PS/c1-8-10(3,5)4-11(6,7)9-2/h4H2,1-3H3.